The highest BCUT2D eigenvalue weighted by Crippen LogP contribution is 2.15. The molecule has 2 rings (SSSR count). The van der Waals surface area contributed by atoms with Crippen molar-refractivity contribution in [2.24, 2.45) is 0 Å². The summed E-state index contributed by atoms with van der Waals surface area (Å²) in [5.41, 5.74) is 1.78. The average molecular weight is 326 g/mol. The molecule has 1 N–H and O–H groups in total. The van der Waals surface area contributed by atoms with Crippen LogP contribution < -0.4 is 5.32 Å². The molecule has 6 heteroatoms. The Balaban J connectivity index is 2.01. The third kappa shape index (κ3) is 4.62. The molecule has 0 aliphatic rings. The highest BCUT2D eigenvalue weighted by Gasteiger charge is 2.13. The predicted molar refractivity (Wildman–Crippen MR) is 93.6 cm³/mol. The summed E-state index contributed by atoms with van der Waals surface area (Å²) in [5.74, 6) is 0.433. The van der Waals surface area contributed by atoms with Crippen molar-refractivity contribution in [2.75, 3.05) is 18.9 Å². The molecular formula is C18H22N4O2. The lowest BCUT2D eigenvalue weighted by Gasteiger charge is -2.16. The summed E-state index contributed by atoms with van der Waals surface area (Å²) in [5, 5.41) is 3.09. The minimum atomic E-state index is -0.131. The standard InChI is InChI=1S/C18H22N4O2/c1-4-5-10-22(3)18(24)16-11-20-17(12-19-16)21-15-8-6-14(7-9-15)13(2)23/h6-9,11-12H,4-5,10H2,1-3H3,(H,20,21). The second-order valence-electron chi connectivity index (χ2n) is 5.63. The Hall–Kier alpha value is -2.76. The fourth-order valence-corrected chi connectivity index (χ4v) is 2.13. The molecule has 6 nitrogen and oxygen atoms in total. The normalized spacial score (nSPS) is 10.3. The molecule has 0 spiro atoms. The van der Waals surface area contributed by atoms with Gasteiger partial charge in [-0.05, 0) is 37.6 Å². The van der Waals surface area contributed by atoms with E-state index in [1.165, 1.54) is 19.3 Å². The number of Topliss-reactive ketones (excluding diaryl/α,β-unsaturated/α-hetero) is 1. The van der Waals surface area contributed by atoms with Crippen molar-refractivity contribution in [1.29, 1.82) is 0 Å². The number of nitrogens with zero attached hydrogens (tertiary/aromatic N) is 3. The van der Waals surface area contributed by atoms with Gasteiger partial charge in [-0.25, -0.2) is 9.97 Å². The van der Waals surface area contributed by atoms with Crippen LogP contribution in [0.25, 0.3) is 0 Å². The Kier molecular flexibility index (Phi) is 6.01. The fraction of sp³-hybridized carbons (Fsp3) is 0.333. The number of aromatic nitrogens is 2. The van der Waals surface area contributed by atoms with Crippen molar-refractivity contribution in [1.82, 2.24) is 14.9 Å². The molecule has 24 heavy (non-hydrogen) atoms. The lowest BCUT2D eigenvalue weighted by molar-refractivity contribution is 0.0787. The van der Waals surface area contributed by atoms with Crippen LogP contribution in [0.4, 0.5) is 11.5 Å². The number of rotatable bonds is 7. The van der Waals surface area contributed by atoms with E-state index in [0.29, 0.717) is 23.6 Å². The third-order valence-corrected chi connectivity index (χ3v) is 3.63. The molecule has 0 bridgehead atoms. The van der Waals surface area contributed by atoms with Gasteiger partial charge in [-0.15, -0.1) is 0 Å². The highest BCUT2D eigenvalue weighted by molar-refractivity contribution is 5.94. The largest absolute Gasteiger partial charge is 0.340 e. The van der Waals surface area contributed by atoms with E-state index < -0.39 is 0 Å². The van der Waals surface area contributed by atoms with Crippen LogP contribution in [0.1, 0.15) is 47.5 Å². The Bertz CT molecular complexity index is 696. The van der Waals surface area contributed by atoms with Gasteiger partial charge in [0.2, 0.25) is 0 Å². The first-order chi connectivity index (χ1) is 11.5. The maximum atomic E-state index is 12.2. The van der Waals surface area contributed by atoms with Crippen LogP contribution in [0.5, 0.6) is 0 Å². The first kappa shape index (κ1) is 17.6. The minimum Gasteiger partial charge on any atom is -0.340 e. The summed E-state index contributed by atoms with van der Waals surface area (Å²) in [7, 11) is 1.77. The van der Waals surface area contributed by atoms with Crippen molar-refractivity contribution in [3.63, 3.8) is 0 Å². The predicted octanol–water partition coefficient (Wildman–Crippen LogP) is 3.29. The molecular weight excluding hydrogens is 304 g/mol. The molecule has 2 aromatic rings. The number of amides is 1. The van der Waals surface area contributed by atoms with Crippen LogP contribution in [0.15, 0.2) is 36.7 Å². The number of hydrogen-bond donors (Lipinski definition) is 1. The summed E-state index contributed by atoms with van der Waals surface area (Å²) in [4.78, 5) is 33.5. The van der Waals surface area contributed by atoms with Gasteiger partial charge in [0.15, 0.2) is 5.78 Å². The van der Waals surface area contributed by atoms with E-state index in [9.17, 15) is 9.59 Å². The van der Waals surface area contributed by atoms with Crippen LogP contribution in [0, 0.1) is 0 Å². The quantitative estimate of drug-likeness (QED) is 0.790. The van der Waals surface area contributed by atoms with E-state index in [4.69, 9.17) is 0 Å². The lowest BCUT2D eigenvalue weighted by atomic mass is 10.1. The highest BCUT2D eigenvalue weighted by atomic mass is 16.2. The molecule has 0 saturated carbocycles. The zero-order chi connectivity index (χ0) is 17.5. The van der Waals surface area contributed by atoms with Gasteiger partial charge in [-0.2, -0.15) is 0 Å². The van der Waals surface area contributed by atoms with E-state index in [2.05, 4.69) is 22.2 Å². The minimum absolute atomic E-state index is 0.0244. The zero-order valence-corrected chi connectivity index (χ0v) is 14.2. The SMILES string of the molecule is CCCCN(C)C(=O)c1cnc(Nc2ccc(C(C)=O)cc2)cn1. The van der Waals surface area contributed by atoms with E-state index >= 15 is 0 Å². The van der Waals surface area contributed by atoms with Gasteiger partial charge in [0, 0.05) is 24.8 Å². The first-order valence-electron chi connectivity index (χ1n) is 7.96. The van der Waals surface area contributed by atoms with Crippen molar-refractivity contribution in [2.45, 2.75) is 26.7 Å². The lowest BCUT2D eigenvalue weighted by Crippen LogP contribution is -2.28. The average Bonchev–Trinajstić information content (AvgIpc) is 2.60. The molecule has 0 unspecified atom stereocenters. The molecule has 1 amide bonds. The summed E-state index contributed by atoms with van der Waals surface area (Å²) < 4.78 is 0. The molecule has 126 valence electrons. The van der Waals surface area contributed by atoms with E-state index in [-0.39, 0.29) is 11.7 Å². The summed E-state index contributed by atoms with van der Waals surface area (Å²) in [6, 6.07) is 7.10. The van der Waals surface area contributed by atoms with Crippen LogP contribution in [-0.4, -0.2) is 40.2 Å². The molecule has 0 atom stereocenters. The van der Waals surface area contributed by atoms with Crippen LogP contribution in [0.2, 0.25) is 0 Å². The molecule has 1 aromatic heterocycles. The molecule has 0 saturated heterocycles. The van der Waals surface area contributed by atoms with E-state index in [1.807, 2.05) is 0 Å². The van der Waals surface area contributed by atoms with Gasteiger partial charge in [0.25, 0.3) is 5.91 Å². The second kappa shape index (κ2) is 8.19. The maximum Gasteiger partial charge on any atom is 0.273 e. The summed E-state index contributed by atoms with van der Waals surface area (Å²) >= 11 is 0. The number of carbonyl (C=O) groups excluding carboxylic acids is 2. The van der Waals surface area contributed by atoms with Crippen molar-refractivity contribution >= 4 is 23.2 Å². The Morgan fingerprint density at radius 1 is 1.12 bits per heavy atom. The molecule has 0 aliphatic carbocycles. The number of nitrogens with one attached hydrogen (secondary N) is 1. The Labute approximate surface area is 141 Å². The maximum absolute atomic E-state index is 12.2. The molecule has 0 fully saturated rings. The molecule has 0 radical (unpaired) electrons. The molecule has 0 aliphatic heterocycles. The third-order valence-electron chi connectivity index (χ3n) is 3.63. The van der Waals surface area contributed by atoms with Gasteiger partial charge in [0.1, 0.15) is 11.5 Å². The molecule has 1 aromatic carbocycles. The first-order valence-corrected chi connectivity index (χ1v) is 7.96. The number of unbranched alkanes of at least 4 members (excludes halogenated alkanes) is 1. The van der Waals surface area contributed by atoms with Crippen molar-refractivity contribution < 1.29 is 9.59 Å². The van der Waals surface area contributed by atoms with Gasteiger partial charge in [0.05, 0.1) is 12.4 Å². The van der Waals surface area contributed by atoms with Crippen LogP contribution in [0.3, 0.4) is 0 Å². The fourth-order valence-electron chi connectivity index (χ4n) is 2.13. The number of hydrogen-bond acceptors (Lipinski definition) is 5. The zero-order valence-electron chi connectivity index (χ0n) is 14.2. The Morgan fingerprint density at radius 3 is 2.38 bits per heavy atom. The van der Waals surface area contributed by atoms with Gasteiger partial charge in [-0.1, -0.05) is 13.3 Å². The number of carbonyl (C=O) groups is 2. The number of benzene rings is 1. The van der Waals surface area contributed by atoms with Crippen molar-refractivity contribution in [3.8, 4) is 0 Å². The second-order valence-corrected chi connectivity index (χ2v) is 5.63. The number of anilines is 2. The summed E-state index contributed by atoms with van der Waals surface area (Å²) in [6.07, 6.45) is 5.00. The number of ketones is 1. The Morgan fingerprint density at radius 2 is 1.83 bits per heavy atom. The van der Waals surface area contributed by atoms with Gasteiger partial charge < -0.3 is 10.2 Å². The van der Waals surface area contributed by atoms with Crippen molar-refractivity contribution in [3.05, 3.63) is 47.9 Å². The van der Waals surface area contributed by atoms with Gasteiger partial charge >= 0.3 is 0 Å². The van der Waals surface area contributed by atoms with E-state index in [0.717, 1.165) is 18.5 Å². The van der Waals surface area contributed by atoms with Crippen LogP contribution in [-0.2, 0) is 0 Å². The molecule has 1 heterocycles. The monoisotopic (exact) mass is 326 g/mol. The topological polar surface area (TPSA) is 75.2 Å². The smallest absolute Gasteiger partial charge is 0.273 e. The summed E-state index contributed by atoms with van der Waals surface area (Å²) in [6.45, 7) is 4.32. The van der Waals surface area contributed by atoms with E-state index in [1.54, 1.807) is 36.2 Å². The van der Waals surface area contributed by atoms with Gasteiger partial charge in [-0.3, -0.25) is 9.59 Å². The van der Waals surface area contributed by atoms with Crippen LogP contribution >= 0.6 is 0 Å².